The Hall–Kier alpha value is -2.34. The summed E-state index contributed by atoms with van der Waals surface area (Å²) in [5.41, 5.74) is 1.34. The Bertz CT molecular complexity index is 1070. The van der Waals surface area contributed by atoms with Crippen LogP contribution in [0.5, 0.6) is 5.19 Å². The number of fused-ring (bicyclic) bond motifs is 1. The molecule has 0 aliphatic rings. The van der Waals surface area contributed by atoms with Gasteiger partial charge in [-0.15, -0.1) is 0 Å². The van der Waals surface area contributed by atoms with Gasteiger partial charge in [0, 0.05) is 0 Å². The zero-order chi connectivity index (χ0) is 17.3. The molecule has 0 radical (unpaired) electrons. The fourth-order valence-electron chi connectivity index (χ4n) is 2.02. The van der Waals surface area contributed by atoms with Crippen molar-refractivity contribution in [2.45, 2.75) is 4.90 Å². The van der Waals surface area contributed by atoms with Crippen LogP contribution in [-0.2, 0) is 10.0 Å². The van der Waals surface area contributed by atoms with Gasteiger partial charge in [-0.1, -0.05) is 22.9 Å². The topological polar surface area (TPSA) is 92.1 Å². The number of nitrogens with zero attached hydrogens (tertiary/aromatic N) is 2. The second kappa shape index (κ2) is 6.28. The molecule has 6 nitrogen and oxygen atoms in total. The van der Waals surface area contributed by atoms with Crippen LogP contribution >= 0.6 is 22.9 Å². The third kappa shape index (κ3) is 3.14. The SMILES string of the molecule is COc1nc2ccc(NS(=O)(=O)c3ccc(C#N)c(Cl)c3)cc2s1. The molecule has 0 fully saturated rings. The molecule has 122 valence electrons. The Morgan fingerprint density at radius 2 is 2.08 bits per heavy atom. The maximum atomic E-state index is 12.5. The van der Waals surface area contributed by atoms with E-state index in [9.17, 15) is 8.42 Å². The van der Waals surface area contributed by atoms with E-state index in [0.717, 1.165) is 10.2 Å². The van der Waals surface area contributed by atoms with Crippen molar-refractivity contribution in [3.63, 3.8) is 0 Å². The van der Waals surface area contributed by atoms with Crippen LogP contribution in [0.3, 0.4) is 0 Å². The molecular formula is C15H10ClN3O3S2. The first kappa shape index (κ1) is 16.5. The van der Waals surface area contributed by atoms with E-state index in [4.69, 9.17) is 21.6 Å². The van der Waals surface area contributed by atoms with Crippen molar-refractivity contribution in [1.29, 1.82) is 5.26 Å². The highest BCUT2D eigenvalue weighted by molar-refractivity contribution is 7.92. The first-order chi connectivity index (χ1) is 11.4. The summed E-state index contributed by atoms with van der Waals surface area (Å²) in [5.74, 6) is 0. The van der Waals surface area contributed by atoms with Crippen LogP contribution < -0.4 is 9.46 Å². The minimum absolute atomic E-state index is 0.0199. The minimum atomic E-state index is -3.82. The number of anilines is 1. The van der Waals surface area contributed by atoms with Crippen LogP contribution in [-0.4, -0.2) is 20.5 Å². The van der Waals surface area contributed by atoms with Crippen LogP contribution in [0.25, 0.3) is 10.2 Å². The summed E-state index contributed by atoms with van der Waals surface area (Å²) in [7, 11) is -2.30. The van der Waals surface area contributed by atoms with Gasteiger partial charge < -0.3 is 4.74 Å². The van der Waals surface area contributed by atoms with Crippen molar-refractivity contribution in [2.75, 3.05) is 11.8 Å². The number of nitriles is 1. The molecule has 0 saturated carbocycles. The summed E-state index contributed by atoms with van der Waals surface area (Å²) in [5, 5.41) is 9.45. The number of methoxy groups -OCH3 is 1. The molecule has 2 aromatic carbocycles. The van der Waals surface area contributed by atoms with Crippen LogP contribution in [0, 0.1) is 11.3 Å². The van der Waals surface area contributed by atoms with Crippen molar-refractivity contribution in [3.8, 4) is 11.3 Å². The smallest absolute Gasteiger partial charge is 0.274 e. The highest BCUT2D eigenvalue weighted by atomic mass is 35.5. The van der Waals surface area contributed by atoms with Gasteiger partial charge in [0.15, 0.2) is 0 Å². The monoisotopic (exact) mass is 379 g/mol. The predicted octanol–water partition coefficient (Wildman–Crippen LogP) is 3.63. The number of hydrogen-bond acceptors (Lipinski definition) is 6. The molecule has 9 heteroatoms. The molecule has 1 N–H and O–H groups in total. The maximum Gasteiger partial charge on any atom is 0.274 e. The summed E-state index contributed by atoms with van der Waals surface area (Å²) < 4.78 is 33.3. The number of halogens is 1. The standard InChI is InChI=1S/C15H10ClN3O3S2/c1-22-15-18-13-5-3-10(6-14(13)23-15)19-24(20,21)11-4-2-9(8-17)12(16)7-11/h2-7,19H,1H3. The number of ether oxygens (including phenoxy) is 1. The second-order valence-corrected chi connectivity index (χ2v) is 7.81. The summed E-state index contributed by atoms with van der Waals surface area (Å²) in [6.07, 6.45) is 0. The van der Waals surface area contributed by atoms with E-state index < -0.39 is 10.0 Å². The summed E-state index contributed by atoms with van der Waals surface area (Å²) in [6.45, 7) is 0. The van der Waals surface area contributed by atoms with Gasteiger partial charge in [0.1, 0.15) is 6.07 Å². The van der Waals surface area contributed by atoms with Gasteiger partial charge in [-0.3, -0.25) is 4.72 Å². The minimum Gasteiger partial charge on any atom is -0.473 e. The average molecular weight is 380 g/mol. The summed E-state index contributed by atoms with van der Waals surface area (Å²) in [6, 6.07) is 10.8. The number of benzene rings is 2. The van der Waals surface area contributed by atoms with Crippen molar-refractivity contribution < 1.29 is 13.2 Å². The van der Waals surface area contributed by atoms with Crippen molar-refractivity contribution in [3.05, 3.63) is 47.0 Å². The second-order valence-electron chi connectivity index (χ2n) is 4.73. The molecule has 24 heavy (non-hydrogen) atoms. The quantitative estimate of drug-likeness (QED) is 0.747. The van der Waals surface area contributed by atoms with Gasteiger partial charge in [-0.05, 0) is 36.4 Å². The first-order valence-corrected chi connectivity index (χ1v) is 9.28. The number of aromatic nitrogens is 1. The van der Waals surface area contributed by atoms with Crippen LogP contribution in [0.15, 0.2) is 41.3 Å². The molecule has 3 aromatic rings. The molecule has 1 heterocycles. The molecule has 0 unspecified atom stereocenters. The number of hydrogen-bond donors (Lipinski definition) is 1. The fraction of sp³-hybridized carbons (Fsp3) is 0.0667. The Kier molecular flexibility index (Phi) is 4.32. The summed E-state index contributed by atoms with van der Waals surface area (Å²) >= 11 is 7.22. The highest BCUT2D eigenvalue weighted by Gasteiger charge is 2.16. The van der Waals surface area contributed by atoms with E-state index in [1.165, 1.54) is 36.6 Å². The molecule has 0 spiro atoms. The molecule has 0 saturated heterocycles. The van der Waals surface area contributed by atoms with E-state index in [0.29, 0.717) is 10.9 Å². The van der Waals surface area contributed by atoms with Crippen LogP contribution in [0.2, 0.25) is 5.02 Å². The number of rotatable bonds is 4. The lowest BCUT2D eigenvalue weighted by Gasteiger charge is -2.08. The highest BCUT2D eigenvalue weighted by Crippen LogP contribution is 2.30. The van der Waals surface area contributed by atoms with Gasteiger partial charge in [-0.2, -0.15) is 5.26 Å². The van der Waals surface area contributed by atoms with E-state index >= 15 is 0 Å². The molecule has 3 rings (SSSR count). The van der Waals surface area contributed by atoms with Gasteiger partial charge in [-0.25, -0.2) is 13.4 Å². The third-order valence-electron chi connectivity index (χ3n) is 3.17. The predicted molar refractivity (Wildman–Crippen MR) is 93.1 cm³/mol. The fourth-order valence-corrected chi connectivity index (χ4v) is 4.20. The zero-order valence-electron chi connectivity index (χ0n) is 12.3. The lowest BCUT2D eigenvalue weighted by molar-refractivity contribution is 0.413. The molecule has 1 aromatic heterocycles. The number of sulfonamides is 1. The maximum absolute atomic E-state index is 12.5. The largest absolute Gasteiger partial charge is 0.473 e. The van der Waals surface area contributed by atoms with Crippen LogP contribution in [0.1, 0.15) is 5.56 Å². The Morgan fingerprint density at radius 3 is 2.75 bits per heavy atom. The average Bonchev–Trinajstić information content (AvgIpc) is 2.96. The van der Waals surface area contributed by atoms with E-state index in [-0.39, 0.29) is 15.5 Å². The van der Waals surface area contributed by atoms with E-state index in [1.807, 2.05) is 6.07 Å². The Balaban J connectivity index is 1.94. The van der Waals surface area contributed by atoms with Crippen molar-refractivity contribution in [1.82, 2.24) is 4.98 Å². The molecule has 0 amide bonds. The van der Waals surface area contributed by atoms with Gasteiger partial charge in [0.25, 0.3) is 15.2 Å². The van der Waals surface area contributed by atoms with Crippen molar-refractivity contribution >= 4 is 48.9 Å². The van der Waals surface area contributed by atoms with Gasteiger partial charge in [0.05, 0.1) is 38.5 Å². The molecule has 0 bridgehead atoms. The first-order valence-electron chi connectivity index (χ1n) is 6.60. The third-order valence-corrected chi connectivity index (χ3v) is 5.84. The van der Waals surface area contributed by atoms with Gasteiger partial charge in [0.2, 0.25) is 0 Å². The number of nitrogens with one attached hydrogen (secondary N) is 1. The lowest BCUT2D eigenvalue weighted by atomic mass is 10.2. The number of thiazole rings is 1. The summed E-state index contributed by atoms with van der Waals surface area (Å²) in [4.78, 5) is 4.21. The molecule has 0 atom stereocenters. The molecular weight excluding hydrogens is 370 g/mol. The zero-order valence-corrected chi connectivity index (χ0v) is 14.7. The molecule has 0 aliphatic heterocycles. The normalized spacial score (nSPS) is 11.2. The van der Waals surface area contributed by atoms with E-state index in [2.05, 4.69) is 9.71 Å². The molecule has 0 aliphatic carbocycles. The lowest BCUT2D eigenvalue weighted by Crippen LogP contribution is -2.12. The Labute approximate surface area is 147 Å². The van der Waals surface area contributed by atoms with E-state index in [1.54, 1.807) is 18.2 Å². The Morgan fingerprint density at radius 1 is 1.29 bits per heavy atom. The van der Waals surface area contributed by atoms with Crippen LogP contribution in [0.4, 0.5) is 5.69 Å². The van der Waals surface area contributed by atoms with Gasteiger partial charge >= 0.3 is 0 Å². The van der Waals surface area contributed by atoms with Crippen molar-refractivity contribution in [2.24, 2.45) is 0 Å².